The Kier molecular flexibility index (Phi) is 4.07. The van der Waals surface area contributed by atoms with Crippen LogP contribution in [0.2, 0.25) is 0 Å². The van der Waals surface area contributed by atoms with Crippen molar-refractivity contribution < 1.29 is 4.39 Å². The minimum Gasteiger partial charge on any atom is -0.310 e. The predicted molar refractivity (Wildman–Crippen MR) is 58.2 cm³/mol. The van der Waals surface area contributed by atoms with E-state index in [1.807, 2.05) is 6.07 Å². The van der Waals surface area contributed by atoms with Crippen molar-refractivity contribution in [3.05, 3.63) is 35.1 Å². The van der Waals surface area contributed by atoms with Crippen LogP contribution in [0.3, 0.4) is 0 Å². The molecule has 0 atom stereocenters. The van der Waals surface area contributed by atoms with E-state index in [9.17, 15) is 4.39 Å². The van der Waals surface area contributed by atoms with Crippen molar-refractivity contribution >= 4 is 12.4 Å². The predicted octanol–water partition coefficient (Wildman–Crippen LogP) is 2.37. The van der Waals surface area contributed by atoms with Crippen molar-refractivity contribution in [2.24, 2.45) is 0 Å². The largest absolute Gasteiger partial charge is 0.310 e. The summed E-state index contributed by atoms with van der Waals surface area (Å²) in [6, 6.07) is 7.08. The highest BCUT2D eigenvalue weighted by molar-refractivity contribution is 5.85. The van der Waals surface area contributed by atoms with Crippen molar-refractivity contribution in [3.8, 4) is 6.07 Å². The fraction of sp³-hybridized carbons (Fsp3) is 0.364. The van der Waals surface area contributed by atoms with E-state index in [2.05, 4.69) is 5.32 Å². The van der Waals surface area contributed by atoms with Crippen molar-refractivity contribution in [1.29, 1.82) is 5.26 Å². The third kappa shape index (κ3) is 3.19. The standard InChI is InChI=1S/C11H11FN2.ClH/c12-11-5-8(6-13)1-2-9(11)7-14-10-3-4-10;/h1-2,5,10,14H,3-4,7H2;1H. The molecular weight excluding hydrogens is 215 g/mol. The molecular formula is C11H12ClFN2. The first-order chi connectivity index (χ1) is 6.79. The second-order valence-corrected chi connectivity index (χ2v) is 3.57. The van der Waals surface area contributed by atoms with Gasteiger partial charge >= 0.3 is 0 Å². The normalized spacial score (nSPS) is 14.1. The molecule has 1 aromatic rings. The van der Waals surface area contributed by atoms with E-state index in [1.165, 1.54) is 18.9 Å². The van der Waals surface area contributed by atoms with E-state index in [0.717, 1.165) is 0 Å². The molecule has 2 rings (SSSR count). The summed E-state index contributed by atoms with van der Waals surface area (Å²) in [6.07, 6.45) is 2.38. The number of nitriles is 1. The molecule has 0 radical (unpaired) electrons. The lowest BCUT2D eigenvalue weighted by Crippen LogP contribution is -2.16. The van der Waals surface area contributed by atoms with Gasteiger partial charge in [-0.3, -0.25) is 0 Å². The van der Waals surface area contributed by atoms with Crippen molar-refractivity contribution in [2.45, 2.75) is 25.4 Å². The van der Waals surface area contributed by atoms with Gasteiger partial charge in [-0.25, -0.2) is 4.39 Å². The molecule has 1 fully saturated rings. The van der Waals surface area contributed by atoms with E-state index >= 15 is 0 Å². The van der Waals surface area contributed by atoms with Gasteiger partial charge in [0.25, 0.3) is 0 Å². The zero-order valence-electron chi connectivity index (χ0n) is 8.16. The highest BCUT2D eigenvalue weighted by Gasteiger charge is 2.20. The number of nitrogens with one attached hydrogen (secondary N) is 1. The molecule has 0 spiro atoms. The van der Waals surface area contributed by atoms with Crippen LogP contribution in [0.25, 0.3) is 0 Å². The van der Waals surface area contributed by atoms with Crippen LogP contribution in [0, 0.1) is 17.1 Å². The molecule has 1 aliphatic carbocycles. The molecule has 0 bridgehead atoms. The van der Waals surface area contributed by atoms with Gasteiger partial charge in [0, 0.05) is 18.2 Å². The molecule has 1 saturated carbocycles. The maximum Gasteiger partial charge on any atom is 0.129 e. The summed E-state index contributed by atoms with van der Waals surface area (Å²) >= 11 is 0. The number of halogens is 2. The lowest BCUT2D eigenvalue weighted by atomic mass is 10.1. The Bertz CT molecular complexity index is 383. The van der Waals surface area contributed by atoms with Crippen molar-refractivity contribution in [3.63, 3.8) is 0 Å². The Hall–Kier alpha value is -1.11. The summed E-state index contributed by atoms with van der Waals surface area (Å²) in [6.45, 7) is 0.558. The van der Waals surface area contributed by atoms with Gasteiger partial charge in [0.1, 0.15) is 5.82 Å². The smallest absolute Gasteiger partial charge is 0.129 e. The number of hydrogen-bond donors (Lipinski definition) is 1. The molecule has 0 unspecified atom stereocenters. The van der Waals surface area contributed by atoms with Gasteiger partial charge < -0.3 is 5.32 Å². The zero-order chi connectivity index (χ0) is 9.97. The minimum atomic E-state index is -0.294. The summed E-state index contributed by atoms with van der Waals surface area (Å²) in [5.74, 6) is -0.294. The molecule has 2 nitrogen and oxygen atoms in total. The van der Waals surface area contributed by atoms with Gasteiger partial charge in [-0.1, -0.05) is 6.07 Å². The van der Waals surface area contributed by atoms with Crippen LogP contribution in [0.15, 0.2) is 18.2 Å². The second kappa shape index (κ2) is 5.11. The topological polar surface area (TPSA) is 35.8 Å². The van der Waals surface area contributed by atoms with Crippen LogP contribution in [-0.4, -0.2) is 6.04 Å². The van der Waals surface area contributed by atoms with Crippen LogP contribution < -0.4 is 5.32 Å². The first kappa shape index (κ1) is 12.0. The molecule has 0 saturated heterocycles. The Morgan fingerprint density at radius 1 is 1.47 bits per heavy atom. The SMILES string of the molecule is Cl.N#Cc1ccc(CNC2CC2)c(F)c1. The average Bonchev–Trinajstić information content (AvgIpc) is 2.99. The number of nitrogens with zero attached hydrogens (tertiary/aromatic N) is 1. The fourth-order valence-corrected chi connectivity index (χ4v) is 1.30. The molecule has 1 aliphatic rings. The van der Waals surface area contributed by atoms with Crippen LogP contribution in [0.5, 0.6) is 0 Å². The molecule has 15 heavy (non-hydrogen) atoms. The van der Waals surface area contributed by atoms with Crippen molar-refractivity contribution in [2.75, 3.05) is 0 Å². The van der Waals surface area contributed by atoms with Crippen LogP contribution in [0.4, 0.5) is 4.39 Å². The summed E-state index contributed by atoms with van der Waals surface area (Å²) in [7, 11) is 0. The first-order valence-electron chi connectivity index (χ1n) is 4.71. The Labute approximate surface area is 94.5 Å². The molecule has 0 aliphatic heterocycles. The number of rotatable bonds is 3. The van der Waals surface area contributed by atoms with E-state index in [0.29, 0.717) is 23.7 Å². The Morgan fingerprint density at radius 3 is 2.73 bits per heavy atom. The van der Waals surface area contributed by atoms with E-state index in [4.69, 9.17) is 5.26 Å². The number of hydrogen-bond acceptors (Lipinski definition) is 2. The Morgan fingerprint density at radius 2 is 2.20 bits per heavy atom. The summed E-state index contributed by atoms with van der Waals surface area (Å²) in [4.78, 5) is 0. The average molecular weight is 227 g/mol. The molecule has 1 aromatic carbocycles. The Balaban J connectivity index is 0.00000112. The van der Waals surface area contributed by atoms with Crippen LogP contribution >= 0.6 is 12.4 Å². The molecule has 4 heteroatoms. The van der Waals surface area contributed by atoms with Gasteiger partial charge in [-0.05, 0) is 25.0 Å². The quantitative estimate of drug-likeness (QED) is 0.859. The number of benzene rings is 1. The molecule has 0 heterocycles. The van der Waals surface area contributed by atoms with E-state index in [-0.39, 0.29) is 18.2 Å². The third-order valence-electron chi connectivity index (χ3n) is 2.34. The lowest BCUT2D eigenvalue weighted by molar-refractivity contribution is 0.586. The van der Waals surface area contributed by atoms with E-state index in [1.54, 1.807) is 12.1 Å². The monoisotopic (exact) mass is 226 g/mol. The summed E-state index contributed by atoms with van der Waals surface area (Å²) in [5.41, 5.74) is 1.01. The molecule has 0 amide bonds. The third-order valence-corrected chi connectivity index (χ3v) is 2.34. The molecule has 1 N–H and O–H groups in total. The van der Waals surface area contributed by atoms with Crippen LogP contribution in [0.1, 0.15) is 24.0 Å². The van der Waals surface area contributed by atoms with Gasteiger partial charge in [0.05, 0.1) is 11.6 Å². The van der Waals surface area contributed by atoms with Gasteiger partial charge in [-0.15, -0.1) is 12.4 Å². The highest BCUT2D eigenvalue weighted by Crippen LogP contribution is 2.20. The van der Waals surface area contributed by atoms with E-state index < -0.39 is 0 Å². The first-order valence-corrected chi connectivity index (χ1v) is 4.71. The summed E-state index contributed by atoms with van der Waals surface area (Å²) < 4.78 is 13.3. The zero-order valence-corrected chi connectivity index (χ0v) is 8.98. The summed E-state index contributed by atoms with van der Waals surface area (Å²) in [5, 5.41) is 11.8. The van der Waals surface area contributed by atoms with Gasteiger partial charge in [0.2, 0.25) is 0 Å². The fourth-order valence-electron chi connectivity index (χ4n) is 1.30. The maximum atomic E-state index is 13.3. The minimum absolute atomic E-state index is 0. The second-order valence-electron chi connectivity index (χ2n) is 3.57. The molecule has 0 aromatic heterocycles. The van der Waals surface area contributed by atoms with Crippen molar-refractivity contribution in [1.82, 2.24) is 5.32 Å². The van der Waals surface area contributed by atoms with Crippen LogP contribution in [-0.2, 0) is 6.54 Å². The lowest BCUT2D eigenvalue weighted by Gasteiger charge is -2.04. The highest BCUT2D eigenvalue weighted by atomic mass is 35.5. The molecule has 80 valence electrons. The van der Waals surface area contributed by atoms with Gasteiger partial charge in [-0.2, -0.15) is 5.26 Å². The van der Waals surface area contributed by atoms with Gasteiger partial charge in [0.15, 0.2) is 0 Å². The maximum absolute atomic E-state index is 13.3.